The van der Waals surface area contributed by atoms with Crippen molar-refractivity contribution >= 4 is 17.7 Å². The lowest BCUT2D eigenvalue weighted by Gasteiger charge is -2.42. The monoisotopic (exact) mass is 371 g/mol. The summed E-state index contributed by atoms with van der Waals surface area (Å²) in [6.07, 6.45) is 7.09. The average molecular weight is 372 g/mol. The van der Waals surface area contributed by atoms with Gasteiger partial charge in [0.1, 0.15) is 0 Å². The molecule has 5 nitrogen and oxygen atoms in total. The summed E-state index contributed by atoms with van der Waals surface area (Å²) in [4.78, 5) is 22.8. The van der Waals surface area contributed by atoms with Crippen molar-refractivity contribution in [1.82, 2.24) is 14.9 Å². The van der Waals surface area contributed by atoms with Gasteiger partial charge in [-0.1, -0.05) is 42.1 Å². The first-order valence-electron chi connectivity index (χ1n) is 9.03. The maximum atomic E-state index is 12.6. The summed E-state index contributed by atoms with van der Waals surface area (Å²) in [7, 11) is 0. The minimum Gasteiger partial charge on any atom is -0.396 e. The second-order valence-corrected chi connectivity index (χ2v) is 7.83. The van der Waals surface area contributed by atoms with Gasteiger partial charge >= 0.3 is 0 Å². The van der Waals surface area contributed by atoms with Crippen LogP contribution in [0, 0.1) is 5.41 Å². The minimum absolute atomic E-state index is 0.0969. The summed E-state index contributed by atoms with van der Waals surface area (Å²) in [6.45, 7) is 1.52. The molecule has 2 heterocycles. The highest BCUT2D eigenvalue weighted by Crippen LogP contribution is 2.34. The van der Waals surface area contributed by atoms with Crippen molar-refractivity contribution in [2.24, 2.45) is 5.41 Å². The molecule has 1 aromatic carbocycles. The first-order valence-corrected chi connectivity index (χ1v) is 10.0. The molecule has 1 atom stereocenters. The van der Waals surface area contributed by atoms with Gasteiger partial charge in [0, 0.05) is 30.9 Å². The Hall–Kier alpha value is -1.92. The quantitative estimate of drug-likeness (QED) is 0.599. The van der Waals surface area contributed by atoms with Gasteiger partial charge in [-0.15, -0.1) is 0 Å². The number of benzene rings is 1. The number of piperidine rings is 1. The van der Waals surface area contributed by atoms with Crippen LogP contribution in [0.25, 0.3) is 0 Å². The molecule has 1 fully saturated rings. The summed E-state index contributed by atoms with van der Waals surface area (Å²) in [6, 6.07) is 12.1. The van der Waals surface area contributed by atoms with Gasteiger partial charge in [0.05, 0.1) is 12.4 Å². The third kappa shape index (κ3) is 5.05. The molecule has 1 aliphatic rings. The summed E-state index contributed by atoms with van der Waals surface area (Å²) in [5.74, 6) is 0.434. The predicted molar refractivity (Wildman–Crippen MR) is 103 cm³/mol. The molecule has 0 aliphatic carbocycles. The van der Waals surface area contributed by atoms with Gasteiger partial charge in [-0.3, -0.25) is 4.79 Å². The molecule has 1 aromatic heterocycles. The molecule has 1 saturated heterocycles. The van der Waals surface area contributed by atoms with Crippen LogP contribution in [0.4, 0.5) is 0 Å². The van der Waals surface area contributed by atoms with E-state index in [0.717, 1.165) is 32.2 Å². The molecule has 6 heteroatoms. The lowest BCUT2D eigenvalue weighted by Crippen LogP contribution is -2.48. The van der Waals surface area contributed by atoms with E-state index in [1.807, 2.05) is 23.1 Å². The zero-order valence-corrected chi connectivity index (χ0v) is 15.7. The normalized spacial score (nSPS) is 20.1. The Morgan fingerprint density at radius 2 is 1.96 bits per heavy atom. The summed E-state index contributed by atoms with van der Waals surface area (Å²) in [5, 5.41) is 10.7. The molecule has 1 N–H and O–H groups in total. The van der Waals surface area contributed by atoms with Crippen molar-refractivity contribution in [2.45, 2.75) is 30.8 Å². The number of carbonyl (C=O) groups is 1. The molecule has 0 saturated carbocycles. The fourth-order valence-electron chi connectivity index (χ4n) is 3.46. The number of thioether (sulfide) groups is 1. The molecular formula is C20H25N3O2S. The van der Waals surface area contributed by atoms with Gasteiger partial charge < -0.3 is 10.0 Å². The van der Waals surface area contributed by atoms with Crippen molar-refractivity contribution in [3.63, 3.8) is 0 Å². The van der Waals surface area contributed by atoms with E-state index in [1.165, 1.54) is 17.3 Å². The highest BCUT2D eigenvalue weighted by molar-refractivity contribution is 7.99. The molecule has 138 valence electrons. The Morgan fingerprint density at radius 1 is 1.19 bits per heavy atom. The van der Waals surface area contributed by atoms with Gasteiger partial charge in [-0.2, -0.15) is 0 Å². The Labute approximate surface area is 158 Å². The first-order chi connectivity index (χ1) is 12.7. The highest BCUT2D eigenvalue weighted by atomic mass is 32.2. The van der Waals surface area contributed by atoms with Gasteiger partial charge in [0.25, 0.3) is 0 Å². The van der Waals surface area contributed by atoms with Crippen molar-refractivity contribution in [2.75, 3.05) is 25.4 Å². The fraction of sp³-hybridized carbons (Fsp3) is 0.450. The number of carbonyl (C=O) groups excluding carboxylic acids is 1. The number of aromatic nitrogens is 2. The molecule has 2 aromatic rings. The van der Waals surface area contributed by atoms with Gasteiger partial charge in [0.2, 0.25) is 5.91 Å². The average Bonchev–Trinajstić information content (AvgIpc) is 2.72. The Kier molecular flexibility index (Phi) is 6.63. The number of hydrogen-bond donors (Lipinski definition) is 1. The van der Waals surface area contributed by atoms with Crippen LogP contribution < -0.4 is 0 Å². The summed E-state index contributed by atoms with van der Waals surface area (Å²) < 4.78 is 0. The molecule has 0 unspecified atom stereocenters. The van der Waals surface area contributed by atoms with Crippen LogP contribution in [-0.2, 0) is 11.2 Å². The molecule has 1 aliphatic heterocycles. The van der Waals surface area contributed by atoms with E-state index >= 15 is 0 Å². The minimum atomic E-state index is -0.197. The van der Waals surface area contributed by atoms with E-state index in [4.69, 9.17) is 0 Å². The maximum absolute atomic E-state index is 12.6. The van der Waals surface area contributed by atoms with Crippen molar-refractivity contribution in [1.29, 1.82) is 0 Å². The maximum Gasteiger partial charge on any atom is 0.233 e. The number of hydrogen-bond acceptors (Lipinski definition) is 5. The third-order valence-corrected chi connectivity index (χ3v) is 5.86. The lowest BCUT2D eigenvalue weighted by molar-refractivity contribution is -0.132. The molecular weight excluding hydrogens is 346 g/mol. The molecule has 0 radical (unpaired) electrons. The number of amides is 1. The van der Waals surface area contributed by atoms with Gasteiger partial charge in [0.15, 0.2) is 5.16 Å². The highest BCUT2D eigenvalue weighted by Gasteiger charge is 2.36. The van der Waals surface area contributed by atoms with Gasteiger partial charge in [-0.05, 0) is 37.3 Å². The standard InChI is InChI=1S/C20H25N3O2S/c24-16-20(10-8-17-6-2-1-3-7-17)9-4-13-23(15-20)18(25)14-26-19-21-11-5-12-22-19/h1-3,5-7,11-12,24H,4,8-10,13-16H2/t20-/m0/s1. The number of aliphatic hydroxyl groups is 1. The largest absolute Gasteiger partial charge is 0.396 e. The van der Waals surface area contributed by atoms with Gasteiger partial charge in [-0.25, -0.2) is 9.97 Å². The van der Waals surface area contributed by atoms with Crippen LogP contribution in [0.15, 0.2) is 53.9 Å². The fourth-order valence-corrected chi connectivity index (χ4v) is 4.17. The molecule has 1 amide bonds. The Bertz CT molecular complexity index is 699. The number of likely N-dealkylation sites (tertiary alicyclic amines) is 1. The number of nitrogens with zero attached hydrogens (tertiary/aromatic N) is 3. The second-order valence-electron chi connectivity index (χ2n) is 6.88. The van der Waals surface area contributed by atoms with E-state index in [9.17, 15) is 9.90 Å². The Morgan fingerprint density at radius 3 is 2.69 bits per heavy atom. The van der Waals surface area contributed by atoms with Crippen LogP contribution in [0.5, 0.6) is 0 Å². The number of aliphatic hydroxyl groups excluding tert-OH is 1. The van der Waals surface area contributed by atoms with Crippen molar-refractivity contribution in [3.8, 4) is 0 Å². The van der Waals surface area contributed by atoms with E-state index in [1.54, 1.807) is 18.5 Å². The summed E-state index contributed by atoms with van der Waals surface area (Å²) >= 11 is 1.36. The van der Waals surface area contributed by atoms with E-state index < -0.39 is 0 Å². The second kappa shape index (κ2) is 9.14. The lowest BCUT2D eigenvalue weighted by atomic mass is 9.76. The molecule has 26 heavy (non-hydrogen) atoms. The smallest absolute Gasteiger partial charge is 0.233 e. The molecule has 3 rings (SSSR count). The Balaban J connectivity index is 1.56. The topological polar surface area (TPSA) is 66.3 Å². The van der Waals surface area contributed by atoms with Crippen LogP contribution in [0.1, 0.15) is 24.8 Å². The number of rotatable bonds is 7. The van der Waals surface area contributed by atoms with Crippen molar-refractivity contribution in [3.05, 3.63) is 54.4 Å². The van der Waals surface area contributed by atoms with E-state index in [0.29, 0.717) is 17.5 Å². The summed E-state index contributed by atoms with van der Waals surface area (Å²) in [5.41, 5.74) is 1.08. The van der Waals surface area contributed by atoms with Crippen LogP contribution >= 0.6 is 11.8 Å². The predicted octanol–water partition coefficient (Wildman–Crippen LogP) is 2.80. The van der Waals surface area contributed by atoms with Crippen molar-refractivity contribution < 1.29 is 9.90 Å². The third-order valence-electron chi connectivity index (χ3n) is 5.00. The number of aryl methyl sites for hydroxylation is 1. The SMILES string of the molecule is O=C(CSc1ncccn1)N1CCC[C@](CO)(CCc2ccccc2)C1. The van der Waals surface area contributed by atoms with Crippen LogP contribution in [0.2, 0.25) is 0 Å². The molecule has 0 spiro atoms. The first kappa shape index (κ1) is 18.9. The van der Waals surface area contributed by atoms with Crippen LogP contribution in [-0.4, -0.2) is 51.3 Å². The van der Waals surface area contributed by atoms with E-state index in [2.05, 4.69) is 22.1 Å². The zero-order valence-electron chi connectivity index (χ0n) is 14.9. The van der Waals surface area contributed by atoms with Crippen LogP contribution in [0.3, 0.4) is 0 Å². The van der Waals surface area contributed by atoms with E-state index in [-0.39, 0.29) is 17.9 Å². The molecule has 0 bridgehead atoms. The zero-order chi connectivity index (χ0) is 18.2.